The Labute approximate surface area is 80.8 Å². The van der Waals surface area contributed by atoms with Gasteiger partial charge in [0.2, 0.25) is 0 Å². The molecule has 0 rings (SSSR count). The fourth-order valence-corrected chi connectivity index (χ4v) is 1.11. The van der Waals surface area contributed by atoms with Crippen molar-refractivity contribution >= 4 is 0 Å². The number of ether oxygens (including phenoxy) is 3. The van der Waals surface area contributed by atoms with Gasteiger partial charge in [-0.15, -0.1) is 0 Å². The molecule has 0 aliphatic rings. The van der Waals surface area contributed by atoms with Crippen LogP contribution in [0.15, 0.2) is 0 Å². The molecule has 0 aromatic carbocycles. The third kappa shape index (κ3) is 5.99. The Balaban J connectivity index is 3.72. The smallest absolute Gasteiger partial charge is 0.0640 e. The summed E-state index contributed by atoms with van der Waals surface area (Å²) in [4.78, 5) is 2.18. The molecule has 0 N–H and O–H groups in total. The molecule has 0 aromatic heterocycles. The van der Waals surface area contributed by atoms with Gasteiger partial charge in [-0.25, -0.2) is 0 Å². The van der Waals surface area contributed by atoms with Gasteiger partial charge < -0.3 is 14.2 Å². The maximum atomic E-state index is 5.10. The van der Waals surface area contributed by atoms with Crippen LogP contribution in [0.2, 0.25) is 0 Å². The summed E-state index contributed by atoms with van der Waals surface area (Å²) in [5.74, 6) is 0. The maximum Gasteiger partial charge on any atom is 0.0640 e. The van der Waals surface area contributed by atoms with Crippen LogP contribution in [-0.2, 0) is 14.2 Å². The van der Waals surface area contributed by atoms with E-state index in [2.05, 4.69) is 4.90 Å². The molecule has 0 amide bonds. The minimum atomic E-state index is 0.310. The molecule has 0 spiro atoms. The van der Waals surface area contributed by atoms with E-state index in [9.17, 15) is 0 Å². The Morgan fingerprint density at radius 2 is 1.54 bits per heavy atom. The van der Waals surface area contributed by atoms with Crippen molar-refractivity contribution in [3.8, 4) is 0 Å². The lowest BCUT2D eigenvalue weighted by Gasteiger charge is -2.26. The lowest BCUT2D eigenvalue weighted by molar-refractivity contribution is 0.0367. The van der Waals surface area contributed by atoms with Gasteiger partial charge in [0.05, 0.1) is 25.9 Å². The molecule has 0 heterocycles. The van der Waals surface area contributed by atoms with Crippen LogP contribution in [0.5, 0.6) is 0 Å². The summed E-state index contributed by atoms with van der Waals surface area (Å²) in [5, 5.41) is 0. The Morgan fingerprint density at radius 3 is 1.92 bits per heavy atom. The van der Waals surface area contributed by atoms with E-state index in [1.165, 1.54) is 0 Å². The Morgan fingerprint density at radius 1 is 1.00 bits per heavy atom. The van der Waals surface area contributed by atoms with E-state index < -0.39 is 0 Å². The van der Waals surface area contributed by atoms with Crippen molar-refractivity contribution in [2.45, 2.75) is 6.04 Å². The first-order valence-electron chi connectivity index (χ1n) is 4.43. The first-order valence-corrected chi connectivity index (χ1v) is 4.43. The minimum Gasteiger partial charge on any atom is -0.383 e. The SMILES string of the molecule is COCCN(C)C(COC)COC. The van der Waals surface area contributed by atoms with E-state index in [1.807, 2.05) is 7.05 Å². The topological polar surface area (TPSA) is 30.9 Å². The van der Waals surface area contributed by atoms with E-state index >= 15 is 0 Å². The molecule has 0 bridgehead atoms. The fraction of sp³-hybridized carbons (Fsp3) is 1.00. The second-order valence-electron chi connectivity index (χ2n) is 3.04. The van der Waals surface area contributed by atoms with E-state index in [-0.39, 0.29) is 0 Å². The van der Waals surface area contributed by atoms with Gasteiger partial charge in [0.1, 0.15) is 0 Å². The summed E-state index contributed by atoms with van der Waals surface area (Å²) in [5.41, 5.74) is 0. The first-order chi connectivity index (χ1) is 6.26. The van der Waals surface area contributed by atoms with Crippen LogP contribution in [0.4, 0.5) is 0 Å². The van der Waals surface area contributed by atoms with Gasteiger partial charge in [-0.2, -0.15) is 0 Å². The van der Waals surface area contributed by atoms with Crippen molar-refractivity contribution in [3.63, 3.8) is 0 Å². The zero-order chi connectivity index (χ0) is 10.1. The van der Waals surface area contributed by atoms with Crippen molar-refractivity contribution < 1.29 is 14.2 Å². The highest BCUT2D eigenvalue weighted by Gasteiger charge is 2.13. The lowest BCUT2D eigenvalue weighted by Crippen LogP contribution is -2.40. The first kappa shape index (κ1) is 12.8. The van der Waals surface area contributed by atoms with Gasteiger partial charge in [0.25, 0.3) is 0 Å². The van der Waals surface area contributed by atoms with Gasteiger partial charge in [0, 0.05) is 27.9 Å². The van der Waals surface area contributed by atoms with Gasteiger partial charge in [-0.1, -0.05) is 0 Å². The van der Waals surface area contributed by atoms with Crippen molar-refractivity contribution in [3.05, 3.63) is 0 Å². The molecule has 0 fully saturated rings. The van der Waals surface area contributed by atoms with Crippen LogP contribution in [0, 0.1) is 0 Å². The molecule has 0 aromatic rings. The molecule has 4 nitrogen and oxygen atoms in total. The molecule has 4 heteroatoms. The summed E-state index contributed by atoms with van der Waals surface area (Å²) in [6.45, 7) is 3.01. The quantitative estimate of drug-likeness (QED) is 0.549. The molecular weight excluding hydrogens is 170 g/mol. The number of methoxy groups -OCH3 is 3. The normalized spacial score (nSPS) is 11.5. The average Bonchev–Trinajstić information content (AvgIpc) is 2.14. The zero-order valence-corrected chi connectivity index (χ0v) is 9.08. The summed E-state index contributed by atoms with van der Waals surface area (Å²) in [7, 11) is 7.15. The molecule has 80 valence electrons. The molecule has 0 atom stereocenters. The van der Waals surface area contributed by atoms with Crippen molar-refractivity contribution in [1.82, 2.24) is 4.90 Å². The largest absolute Gasteiger partial charge is 0.383 e. The van der Waals surface area contributed by atoms with Crippen molar-refractivity contribution in [2.24, 2.45) is 0 Å². The molecular formula is C9H21NO3. The molecule has 0 unspecified atom stereocenters. The summed E-state index contributed by atoms with van der Waals surface area (Å²) in [6.07, 6.45) is 0. The average molecular weight is 191 g/mol. The van der Waals surface area contributed by atoms with Crippen LogP contribution in [0.3, 0.4) is 0 Å². The number of hydrogen-bond donors (Lipinski definition) is 0. The highest BCUT2D eigenvalue weighted by atomic mass is 16.5. The Kier molecular flexibility index (Phi) is 8.33. The third-order valence-electron chi connectivity index (χ3n) is 1.99. The Hall–Kier alpha value is -0.160. The molecule has 0 radical (unpaired) electrons. The van der Waals surface area contributed by atoms with Crippen LogP contribution >= 0.6 is 0 Å². The molecule has 0 aliphatic heterocycles. The second kappa shape index (κ2) is 8.44. The van der Waals surface area contributed by atoms with Gasteiger partial charge in [0.15, 0.2) is 0 Å². The number of likely N-dealkylation sites (N-methyl/N-ethyl adjacent to an activating group) is 1. The zero-order valence-electron chi connectivity index (χ0n) is 9.08. The summed E-state index contributed by atoms with van der Waals surface area (Å²) < 4.78 is 15.2. The maximum absolute atomic E-state index is 5.10. The van der Waals surface area contributed by atoms with Crippen molar-refractivity contribution in [2.75, 3.05) is 54.7 Å². The van der Waals surface area contributed by atoms with Crippen LogP contribution in [-0.4, -0.2) is 65.7 Å². The number of nitrogens with zero attached hydrogens (tertiary/aromatic N) is 1. The third-order valence-corrected chi connectivity index (χ3v) is 1.99. The predicted molar refractivity (Wildman–Crippen MR) is 52.0 cm³/mol. The number of hydrogen-bond acceptors (Lipinski definition) is 4. The van der Waals surface area contributed by atoms with Gasteiger partial charge in [-0.3, -0.25) is 4.90 Å². The summed E-state index contributed by atoms with van der Waals surface area (Å²) in [6, 6.07) is 0.310. The van der Waals surface area contributed by atoms with Gasteiger partial charge in [-0.05, 0) is 7.05 Å². The fourth-order valence-electron chi connectivity index (χ4n) is 1.11. The lowest BCUT2D eigenvalue weighted by atomic mass is 10.3. The van der Waals surface area contributed by atoms with E-state index in [0.717, 1.165) is 13.2 Å². The van der Waals surface area contributed by atoms with E-state index in [4.69, 9.17) is 14.2 Å². The van der Waals surface area contributed by atoms with Gasteiger partial charge >= 0.3 is 0 Å². The Bertz CT molecular complexity index is 105. The second-order valence-corrected chi connectivity index (χ2v) is 3.04. The molecule has 0 saturated heterocycles. The van der Waals surface area contributed by atoms with Crippen molar-refractivity contribution in [1.29, 1.82) is 0 Å². The van der Waals surface area contributed by atoms with E-state index in [1.54, 1.807) is 21.3 Å². The minimum absolute atomic E-state index is 0.310. The highest BCUT2D eigenvalue weighted by molar-refractivity contribution is 4.67. The van der Waals surface area contributed by atoms with Crippen LogP contribution in [0.1, 0.15) is 0 Å². The monoisotopic (exact) mass is 191 g/mol. The predicted octanol–water partition coefficient (Wildman–Crippen LogP) is 0.226. The van der Waals surface area contributed by atoms with Crippen LogP contribution < -0.4 is 0 Å². The molecule has 0 aliphatic carbocycles. The summed E-state index contributed by atoms with van der Waals surface area (Å²) >= 11 is 0. The van der Waals surface area contributed by atoms with E-state index in [0.29, 0.717) is 19.3 Å². The standard InChI is InChI=1S/C9H21NO3/c1-10(5-6-11-2)9(7-12-3)8-13-4/h9H,5-8H2,1-4H3. The molecule has 13 heavy (non-hydrogen) atoms. The van der Waals surface area contributed by atoms with Crippen LogP contribution in [0.25, 0.3) is 0 Å². The number of rotatable bonds is 8. The molecule has 0 saturated carbocycles. The highest BCUT2D eigenvalue weighted by Crippen LogP contribution is 1.97.